The summed E-state index contributed by atoms with van der Waals surface area (Å²) in [6.07, 6.45) is 5.83. The Morgan fingerprint density at radius 3 is 3.00 bits per heavy atom. The Morgan fingerprint density at radius 2 is 2.36 bits per heavy atom. The molecule has 0 radical (unpaired) electrons. The topological polar surface area (TPSA) is 9.23 Å². The van der Waals surface area contributed by atoms with Crippen LogP contribution in [0.3, 0.4) is 0 Å². The lowest BCUT2D eigenvalue weighted by atomic mass is 10.1. The maximum Gasteiger partial charge on any atom is 0.119 e. The first kappa shape index (κ1) is 7.68. The van der Waals surface area contributed by atoms with Gasteiger partial charge < -0.3 is 4.74 Å². The van der Waals surface area contributed by atoms with E-state index in [1.165, 1.54) is 0 Å². The molecule has 1 rings (SSSR count). The number of hydrogen-bond acceptors (Lipinski definition) is 1. The highest BCUT2D eigenvalue weighted by Crippen LogP contribution is 2.12. The predicted molar refractivity (Wildman–Crippen MR) is 45.5 cm³/mol. The smallest absolute Gasteiger partial charge is 0.119 e. The minimum atomic E-state index is 0.664. The summed E-state index contributed by atoms with van der Waals surface area (Å²) in [5, 5.41) is 0. The molecule has 0 aromatic heterocycles. The summed E-state index contributed by atoms with van der Waals surface area (Å²) in [5.41, 5.74) is 1.12. The van der Waals surface area contributed by atoms with Crippen molar-refractivity contribution in [3.8, 4) is 18.1 Å². The molecule has 0 saturated carbocycles. The van der Waals surface area contributed by atoms with Gasteiger partial charge in [-0.05, 0) is 17.7 Å². The maximum absolute atomic E-state index is 5.16. The largest absolute Gasteiger partial charge is 0.497 e. The van der Waals surface area contributed by atoms with Gasteiger partial charge in [-0.3, -0.25) is 0 Å². The van der Waals surface area contributed by atoms with Crippen LogP contribution in [0.2, 0.25) is 0 Å². The SMILES string of the molecule is C#CCc1cccc(OC)c1. The number of methoxy groups -OCH3 is 1. The van der Waals surface area contributed by atoms with Crippen LogP contribution < -0.4 is 4.74 Å². The molecule has 0 bridgehead atoms. The molecule has 0 atom stereocenters. The van der Waals surface area contributed by atoms with E-state index in [1.807, 2.05) is 24.3 Å². The third kappa shape index (κ3) is 2.01. The third-order valence-electron chi connectivity index (χ3n) is 1.44. The van der Waals surface area contributed by atoms with E-state index in [0.717, 1.165) is 11.3 Å². The van der Waals surface area contributed by atoms with Gasteiger partial charge in [-0.15, -0.1) is 12.3 Å². The molecule has 56 valence electrons. The first-order chi connectivity index (χ1) is 5.36. The second-order valence-corrected chi connectivity index (χ2v) is 2.23. The Bertz CT molecular complexity index is 270. The van der Waals surface area contributed by atoms with E-state index >= 15 is 0 Å². The molecule has 0 N–H and O–H groups in total. The standard InChI is InChI=1S/C10H10O/c1-3-5-9-6-4-7-10(8-9)11-2/h1,4,6-8H,5H2,2H3. The molecule has 11 heavy (non-hydrogen) atoms. The average molecular weight is 146 g/mol. The molecule has 0 amide bonds. The monoisotopic (exact) mass is 146 g/mol. The predicted octanol–water partition coefficient (Wildman–Crippen LogP) is 1.87. The van der Waals surface area contributed by atoms with Gasteiger partial charge in [0.25, 0.3) is 0 Å². The molecule has 0 spiro atoms. The normalized spacial score (nSPS) is 8.73. The van der Waals surface area contributed by atoms with Gasteiger partial charge in [-0.1, -0.05) is 12.1 Å². The lowest BCUT2D eigenvalue weighted by Crippen LogP contribution is -1.85. The fraction of sp³-hybridized carbons (Fsp3) is 0.200. The van der Waals surface area contributed by atoms with Gasteiger partial charge in [0.1, 0.15) is 5.75 Å². The van der Waals surface area contributed by atoms with Crippen molar-refractivity contribution in [2.45, 2.75) is 6.42 Å². The van der Waals surface area contributed by atoms with Crippen LogP contribution in [-0.4, -0.2) is 7.11 Å². The molecule has 1 heteroatoms. The molecule has 0 fully saturated rings. The second kappa shape index (κ2) is 3.68. The molecule has 0 unspecified atom stereocenters. The quantitative estimate of drug-likeness (QED) is 0.579. The molecule has 0 saturated heterocycles. The van der Waals surface area contributed by atoms with Gasteiger partial charge in [-0.2, -0.15) is 0 Å². The minimum Gasteiger partial charge on any atom is -0.497 e. The van der Waals surface area contributed by atoms with Crippen LogP contribution in [0.15, 0.2) is 24.3 Å². The summed E-state index contributed by atoms with van der Waals surface area (Å²) in [5.74, 6) is 3.44. The van der Waals surface area contributed by atoms with E-state index in [1.54, 1.807) is 7.11 Å². The van der Waals surface area contributed by atoms with Gasteiger partial charge in [-0.25, -0.2) is 0 Å². The number of rotatable bonds is 2. The van der Waals surface area contributed by atoms with E-state index in [-0.39, 0.29) is 0 Å². The van der Waals surface area contributed by atoms with E-state index in [0.29, 0.717) is 6.42 Å². The molecule has 0 aliphatic carbocycles. The van der Waals surface area contributed by atoms with Crippen LogP contribution >= 0.6 is 0 Å². The average Bonchev–Trinajstić information content (AvgIpc) is 2.06. The summed E-state index contributed by atoms with van der Waals surface area (Å²) in [7, 11) is 1.65. The highest BCUT2D eigenvalue weighted by Gasteiger charge is 1.91. The van der Waals surface area contributed by atoms with Crippen LogP contribution in [0.25, 0.3) is 0 Å². The number of benzene rings is 1. The Morgan fingerprint density at radius 1 is 1.55 bits per heavy atom. The highest BCUT2D eigenvalue weighted by atomic mass is 16.5. The fourth-order valence-electron chi connectivity index (χ4n) is 0.900. The molecular weight excluding hydrogens is 136 g/mol. The van der Waals surface area contributed by atoms with Gasteiger partial charge in [0, 0.05) is 6.42 Å². The van der Waals surface area contributed by atoms with Gasteiger partial charge in [0.05, 0.1) is 7.11 Å². The maximum atomic E-state index is 5.16. The Hall–Kier alpha value is -1.42. The molecular formula is C10H10O. The summed E-state index contributed by atoms with van der Waals surface area (Å²) < 4.78 is 5.03. The Kier molecular flexibility index (Phi) is 2.57. The number of terminal acetylenes is 1. The van der Waals surface area contributed by atoms with Crippen molar-refractivity contribution >= 4 is 0 Å². The van der Waals surface area contributed by atoms with Gasteiger partial charge in [0.2, 0.25) is 0 Å². The molecule has 1 aromatic carbocycles. The zero-order valence-corrected chi connectivity index (χ0v) is 6.50. The summed E-state index contributed by atoms with van der Waals surface area (Å²) in [6.45, 7) is 0. The molecule has 0 aliphatic rings. The van der Waals surface area contributed by atoms with Crippen LogP contribution in [0.5, 0.6) is 5.75 Å². The third-order valence-corrected chi connectivity index (χ3v) is 1.44. The minimum absolute atomic E-state index is 0.664. The van der Waals surface area contributed by atoms with Crippen molar-refractivity contribution in [1.29, 1.82) is 0 Å². The molecule has 1 nitrogen and oxygen atoms in total. The molecule has 0 aliphatic heterocycles. The van der Waals surface area contributed by atoms with Crippen LogP contribution in [-0.2, 0) is 6.42 Å². The summed E-state index contributed by atoms with van der Waals surface area (Å²) in [6, 6.07) is 7.77. The van der Waals surface area contributed by atoms with Crippen LogP contribution in [0.1, 0.15) is 5.56 Å². The Labute approximate surface area is 67.0 Å². The van der Waals surface area contributed by atoms with Crippen molar-refractivity contribution < 1.29 is 4.74 Å². The zero-order chi connectivity index (χ0) is 8.10. The zero-order valence-electron chi connectivity index (χ0n) is 6.50. The highest BCUT2D eigenvalue weighted by molar-refractivity contribution is 5.30. The van der Waals surface area contributed by atoms with E-state index in [4.69, 9.17) is 11.2 Å². The second-order valence-electron chi connectivity index (χ2n) is 2.23. The molecule has 0 heterocycles. The lowest BCUT2D eigenvalue weighted by molar-refractivity contribution is 0.414. The van der Waals surface area contributed by atoms with Crippen molar-refractivity contribution in [2.24, 2.45) is 0 Å². The fourth-order valence-corrected chi connectivity index (χ4v) is 0.900. The van der Waals surface area contributed by atoms with Crippen molar-refractivity contribution in [2.75, 3.05) is 7.11 Å². The van der Waals surface area contributed by atoms with Crippen LogP contribution in [0, 0.1) is 12.3 Å². The van der Waals surface area contributed by atoms with E-state index in [2.05, 4.69) is 5.92 Å². The van der Waals surface area contributed by atoms with Gasteiger partial charge in [0.15, 0.2) is 0 Å². The first-order valence-corrected chi connectivity index (χ1v) is 3.43. The first-order valence-electron chi connectivity index (χ1n) is 3.43. The van der Waals surface area contributed by atoms with Crippen molar-refractivity contribution in [3.05, 3.63) is 29.8 Å². The summed E-state index contributed by atoms with van der Waals surface area (Å²) in [4.78, 5) is 0. The van der Waals surface area contributed by atoms with Gasteiger partial charge >= 0.3 is 0 Å². The van der Waals surface area contributed by atoms with Crippen molar-refractivity contribution in [1.82, 2.24) is 0 Å². The van der Waals surface area contributed by atoms with E-state index in [9.17, 15) is 0 Å². The van der Waals surface area contributed by atoms with Crippen LogP contribution in [0.4, 0.5) is 0 Å². The van der Waals surface area contributed by atoms with E-state index < -0.39 is 0 Å². The summed E-state index contributed by atoms with van der Waals surface area (Å²) >= 11 is 0. The lowest BCUT2D eigenvalue weighted by Gasteiger charge is -2.00. The molecule has 1 aromatic rings. The number of hydrogen-bond donors (Lipinski definition) is 0. The number of ether oxygens (including phenoxy) is 1. The van der Waals surface area contributed by atoms with Crippen molar-refractivity contribution in [3.63, 3.8) is 0 Å². The Balaban J connectivity index is 2.84.